The first-order valence-electron chi connectivity index (χ1n) is 11.5. The first-order chi connectivity index (χ1) is 14.2. The molecule has 5 nitrogen and oxygen atoms in total. The van der Waals surface area contributed by atoms with E-state index in [-0.39, 0.29) is 17.9 Å². The number of amides is 2. The maximum atomic E-state index is 12.9. The van der Waals surface area contributed by atoms with Gasteiger partial charge in [-0.15, -0.1) is 0 Å². The van der Waals surface area contributed by atoms with Gasteiger partial charge in [0.2, 0.25) is 0 Å². The Labute approximate surface area is 173 Å². The zero-order chi connectivity index (χ0) is 19.8. The van der Waals surface area contributed by atoms with Gasteiger partial charge < -0.3 is 14.5 Å². The predicted molar refractivity (Wildman–Crippen MR) is 111 cm³/mol. The molecule has 2 saturated heterocycles. The highest BCUT2D eigenvalue weighted by Gasteiger charge is 2.35. The normalized spacial score (nSPS) is 31.9. The molecule has 2 aliphatic carbocycles. The molecule has 5 rings (SSSR count). The van der Waals surface area contributed by atoms with E-state index in [0.717, 1.165) is 23.8 Å². The standard InChI is InChI=1S/C24H32N2O3/c27-23(25-11-13-26(14-12-25)24(28)22-10-15-29-22)19-7-4-18(5-8-19)21-9-6-17-2-1-3-20(17)16-21/h4-5,7-8,17,20-22H,1-3,6,9-16H2. The second kappa shape index (κ2) is 8.10. The van der Waals surface area contributed by atoms with E-state index in [9.17, 15) is 9.59 Å². The first-order valence-corrected chi connectivity index (χ1v) is 11.5. The van der Waals surface area contributed by atoms with Crippen LogP contribution in [-0.4, -0.2) is 60.5 Å². The summed E-state index contributed by atoms with van der Waals surface area (Å²) < 4.78 is 5.30. The number of nitrogens with zero attached hydrogens (tertiary/aromatic N) is 2. The number of benzene rings is 1. The molecule has 2 amide bonds. The van der Waals surface area contributed by atoms with Crippen LogP contribution in [0.2, 0.25) is 0 Å². The molecule has 1 aromatic rings. The van der Waals surface area contributed by atoms with Gasteiger partial charge in [-0.2, -0.15) is 0 Å². The number of carbonyl (C=O) groups excluding carboxylic acids is 2. The van der Waals surface area contributed by atoms with Crippen LogP contribution in [-0.2, 0) is 9.53 Å². The van der Waals surface area contributed by atoms with Crippen molar-refractivity contribution >= 4 is 11.8 Å². The molecule has 4 atom stereocenters. The summed E-state index contributed by atoms with van der Waals surface area (Å²) in [4.78, 5) is 28.9. The van der Waals surface area contributed by atoms with Gasteiger partial charge in [0.05, 0.1) is 6.61 Å². The number of hydrogen-bond donors (Lipinski definition) is 0. The largest absolute Gasteiger partial charge is 0.368 e. The van der Waals surface area contributed by atoms with Crippen LogP contribution in [0.1, 0.15) is 66.8 Å². The van der Waals surface area contributed by atoms with Crippen LogP contribution < -0.4 is 0 Å². The Kier molecular flexibility index (Phi) is 5.33. The molecular formula is C24H32N2O3. The lowest BCUT2D eigenvalue weighted by atomic mass is 9.73. The van der Waals surface area contributed by atoms with Crippen molar-refractivity contribution in [2.45, 2.75) is 57.0 Å². The second-order valence-electron chi connectivity index (χ2n) is 9.35. The monoisotopic (exact) mass is 396 g/mol. The van der Waals surface area contributed by atoms with Crippen molar-refractivity contribution in [1.82, 2.24) is 9.80 Å². The van der Waals surface area contributed by atoms with Crippen molar-refractivity contribution in [2.75, 3.05) is 32.8 Å². The van der Waals surface area contributed by atoms with E-state index >= 15 is 0 Å². The maximum Gasteiger partial charge on any atom is 0.253 e. The van der Waals surface area contributed by atoms with Gasteiger partial charge in [-0.3, -0.25) is 9.59 Å². The van der Waals surface area contributed by atoms with Crippen LogP contribution in [0.3, 0.4) is 0 Å². The van der Waals surface area contributed by atoms with Gasteiger partial charge in [0, 0.05) is 38.2 Å². The molecule has 0 radical (unpaired) electrons. The molecule has 2 heterocycles. The van der Waals surface area contributed by atoms with Gasteiger partial charge in [-0.05, 0) is 54.7 Å². The average molecular weight is 397 g/mol. The zero-order valence-electron chi connectivity index (χ0n) is 17.2. The first kappa shape index (κ1) is 19.1. The number of fused-ring (bicyclic) bond motifs is 1. The minimum atomic E-state index is -0.246. The third-order valence-corrected chi connectivity index (χ3v) is 7.77. The van der Waals surface area contributed by atoms with Gasteiger partial charge in [-0.1, -0.05) is 31.4 Å². The molecule has 0 bridgehead atoms. The van der Waals surface area contributed by atoms with Crippen molar-refractivity contribution in [1.29, 1.82) is 0 Å². The van der Waals surface area contributed by atoms with Gasteiger partial charge in [-0.25, -0.2) is 0 Å². The maximum absolute atomic E-state index is 12.9. The fraction of sp³-hybridized carbons (Fsp3) is 0.667. The lowest BCUT2D eigenvalue weighted by molar-refractivity contribution is -0.157. The predicted octanol–water partition coefficient (Wildman–Crippen LogP) is 3.44. The van der Waals surface area contributed by atoms with Gasteiger partial charge in [0.1, 0.15) is 6.10 Å². The van der Waals surface area contributed by atoms with Crippen LogP contribution in [0, 0.1) is 11.8 Å². The minimum Gasteiger partial charge on any atom is -0.368 e. The Morgan fingerprint density at radius 3 is 2.21 bits per heavy atom. The topological polar surface area (TPSA) is 49.9 Å². The number of rotatable bonds is 3. The van der Waals surface area contributed by atoms with Crippen molar-refractivity contribution < 1.29 is 14.3 Å². The summed E-state index contributed by atoms with van der Waals surface area (Å²) in [5.74, 6) is 2.75. The molecule has 2 saturated carbocycles. The molecule has 2 aliphatic heterocycles. The quantitative estimate of drug-likeness (QED) is 0.786. The highest BCUT2D eigenvalue weighted by Crippen LogP contribution is 2.47. The van der Waals surface area contributed by atoms with E-state index in [0.29, 0.717) is 38.7 Å². The molecule has 1 aromatic carbocycles. The SMILES string of the molecule is O=C(c1ccc(C2CCC3CCCC3C2)cc1)N1CCN(C(=O)C2CCO2)CC1. The summed E-state index contributed by atoms with van der Waals surface area (Å²) >= 11 is 0. The molecular weight excluding hydrogens is 364 g/mol. The fourth-order valence-corrected chi connectivity index (χ4v) is 5.85. The van der Waals surface area contributed by atoms with E-state index < -0.39 is 0 Å². The van der Waals surface area contributed by atoms with Crippen LogP contribution in [0.25, 0.3) is 0 Å². The highest BCUT2D eigenvalue weighted by molar-refractivity contribution is 5.94. The number of hydrogen-bond acceptors (Lipinski definition) is 3. The molecule has 29 heavy (non-hydrogen) atoms. The molecule has 4 unspecified atom stereocenters. The summed E-state index contributed by atoms with van der Waals surface area (Å²) in [6.07, 6.45) is 8.87. The minimum absolute atomic E-state index is 0.0862. The molecule has 0 aromatic heterocycles. The summed E-state index contributed by atoms with van der Waals surface area (Å²) in [7, 11) is 0. The Balaban J connectivity index is 1.16. The third-order valence-electron chi connectivity index (χ3n) is 7.77. The van der Waals surface area contributed by atoms with Gasteiger partial charge in [0.25, 0.3) is 11.8 Å². The molecule has 4 aliphatic rings. The van der Waals surface area contributed by atoms with E-state index in [1.807, 2.05) is 21.9 Å². The van der Waals surface area contributed by atoms with Crippen LogP contribution in [0.15, 0.2) is 24.3 Å². The van der Waals surface area contributed by atoms with Crippen molar-refractivity contribution in [2.24, 2.45) is 11.8 Å². The second-order valence-corrected chi connectivity index (χ2v) is 9.35. The summed E-state index contributed by atoms with van der Waals surface area (Å²) in [6, 6.07) is 8.39. The Morgan fingerprint density at radius 2 is 1.52 bits per heavy atom. The van der Waals surface area contributed by atoms with E-state index in [4.69, 9.17) is 4.74 Å². The molecule has 4 fully saturated rings. The molecule has 0 spiro atoms. The lowest BCUT2D eigenvalue weighted by Crippen LogP contribution is -2.54. The van der Waals surface area contributed by atoms with E-state index in [1.54, 1.807) is 0 Å². The Hall–Kier alpha value is -1.88. The van der Waals surface area contributed by atoms with Crippen LogP contribution in [0.5, 0.6) is 0 Å². The summed E-state index contributed by atoms with van der Waals surface area (Å²) in [5, 5.41) is 0. The average Bonchev–Trinajstić information content (AvgIpc) is 3.20. The van der Waals surface area contributed by atoms with Gasteiger partial charge in [0.15, 0.2) is 0 Å². The van der Waals surface area contributed by atoms with Crippen molar-refractivity contribution in [3.05, 3.63) is 35.4 Å². The number of carbonyl (C=O) groups is 2. The van der Waals surface area contributed by atoms with Crippen LogP contribution in [0.4, 0.5) is 0 Å². The third kappa shape index (κ3) is 3.81. The number of ether oxygens (including phenoxy) is 1. The van der Waals surface area contributed by atoms with E-state index in [1.165, 1.54) is 44.1 Å². The lowest BCUT2D eigenvalue weighted by Gasteiger charge is -2.38. The smallest absolute Gasteiger partial charge is 0.253 e. The summed E-state index contributed by atoms with van der Waals surface area (Å²) in [6.45, 7) is 3.10. The Bertz CT molecular complexity index is 750. The zero-order valence-corrected chi connectivity index (χ0v) is 17.2. The molecule has 156 valence electrons. The Morgan fingerprint density at radius 1 is 0.828 bits per heavy atom. The molecule has 0 N–H and O–H groups in total. The summed E-state index contributed by atoms with van der Waals surface area (Å²) in [5.41, 5.74) is 2.17. The molecule has 5 heteroatoms. The van der Waals surface area contributed by atoms with Crippen LogP contribution >= 0.6 is 0 Å². The number of piperazine rings is 1. The van der Waals surface area contributed by atoms with E-state index in [2.05, 4.69) is 12.1 Å². The van der Waals surface area contributed by atoms with Crippen molar-refractivity contribution in [3.8, 4) is 0 Å². The highest BCUT2D eigenvalue weighted by atomic mass is 16.5. The fourth-order valence-electron chi connectivity index (χ4n) is 5.85. The van der Waals surface area contributed by atoms with Gasteiger partial charge >= 0.3 is 0 Å². The van der Waals surface area contributed by atoms with Crippen molar-refractivity contribution in [3.63, 3.8) is 0 Å².